The largest absolute Gasteiger partial charge is 0.497 e. The van der Waals surface area contributed by atoms with Gasteiger partial charge in [0.05, 0.1) is 13.4 Å². The maximum atomic E-state index is 11.8. The Hall–Kier alpha value is -1.86. The maximum Gasteiger partial charge on any atom is 0.221 e. The van der Waals surface area contributed by atoms with Gasteiger partial charge >= 0.3 is 0 Å². The summed E-state index contributed by atoms with van der Waals surface area (Å²) in [5.74, 6) is 0.604. The van der Waals surface area contributed by atoms with Crippen molar-refractivity contribution in [1.82, 2.24) is 9.62 Å². The van der Waals surface area contributed by atoms with Crippen LogP contribution in [0, 0.1) is 0 Å². The highest BCUT2D eigenvalue weighted by Crippen LogP contribution is 2.12. The van der Waals surface area contributed by atoms with Gasteiger partial charge in [0.15, 0.2) is 0 Å². The lowest BCUT2D eigenvalue weighted by molar-refractivity contribution is -0.121. The summed E-state index contributed by atoms with van der Waals surface area (Å²) in [4.78, 5) is 11.8. The first kappa shape index (κ1) is 19.2. The minimum absolute atomic E-state index is 0.124. The number of sulfonamides is 1. The van der Waals surface area contributed by atoms with Crippen LogP contribution in [0.25, 0.3) is 0 Å². The first-order valence-electron chi connectivity index (χ1n) is 7.32. The van der Waals surface area contributed by atoms with Gasteiger partial charge in [-0.25, -0.2) is 8.42 Å². The van der Waals surface area contributed by atoms with E-state index in [9.17, 15) is 13.2 Å². The number of ether oxygens (including phenoxy) is 1. The average Bonchev–Trinajstić information content (AvgIpc) is 2.50. The second kappa shape index (κ2) is 9.32. The van der Waals surface area contributed by atoms with E-state index in [0.29, 0.717) is 13.0 Å². The molecule has 0 aliphatic carbocycles. The van der Waals surface area contributed by atoms with Crippen molar-refractivity contribution in [3.8, 4) is 5.75 Å². The molecular formula is C16H24N2O4S. The standard InChI is InChI=1S/C16H24N2O4S/c1-4-11-18(23(3,20)21)12-9-16(19)17-10-8-14-6-5-7-15(13-14)22-2/h4-7,13H,1,8-12H2,2-3H3,(H,17,19). The summed E-state index contributed by atoms with van der Waals surface area (Å²) in [5, 5.41) is 2.79. The molecule has 23 heavy (non-hydrogen) atoms. The minimum Gasteiger partial charge on any atom is -0.497 e. The highest BCUT2D eigenvalue weighted by atomic mass is 32.2. The van der Waals surface area contributed by atoms with Crippen LogP contribution in [0.4, 0.5) is 0 Å². The van der Waals surface area contributed by atoms with Crippen molar-refractivity contribution in [2.75, 3.05) is 33.0 Å². The van der Waals surface area contributed by atoms with E-state index in [1.165, 1.54) is 10.4 Å². The lowest BCUT2D eigenvalue weighted by atomic mass is 10.1. The number of rotatable bonds is 10. The number of methoxy groups -OCH3 is 1. The topological polar surface area (TPSA) is 75.7 Å². The molecular weight excluding hydrogens is 316 g/mol. The number of nitrogens with one attached hydrogen (secondary N) is 1. The normalized spacial score (nSPS) is 11.3. The summed E-state index contributed by atoms with van der Waals surface area (Å²) in [5.41, 5.74) is 1.06. The molecule has 1 N–H and O–H groups in total. The van der Waals surface area contributed by atoms with Crippen molar-refractivity contribution < 1.29 is 17.9 Å². The Morgan fingerprint density at radius 3 is 2.78 bits per heavy atom. The Bertz CT molecular complexity index is 629. The monoisotopic (exact) mass is 340 g/mol. The molecule has 0 saturated heterocycles. The third kappa shape index (κ3) is 7.30. The summed E-state index contributed by atoms with van der Waals surface area (Å²) in [6.45, 7) is 4.37. The third-order valence-electron chi connectivity index (χ3n) is 3.26. The van der Waals surface area contributed by atoms with Crippen LogP contribution in [0.5, 0.6) is 5.75 Å². The molecule has 7 heteroatoms. The Balaban J connectivity index is 2.37. The van der Waals surface area contributed by atoms with Gasteiger partial charge in [-0.1, -0.05) is 18.2 Å². The number of hydrogen-bond donors (Lipinski definition) is 1. The molecule has 0 saturated carbocycles. The number of benzene rings is 1. The van der Waals surface area contributed by atoms with E-state index in [0.717, 1.165) is 17.6 Å². The van der Waals surface area contributed by atoms with Crippen LogP contribution in [0.1, 0.15) is 12.0 Å². The molecule has 0 heterocycles. The van der Waals surface area contributed by atoms with Gasteiger partial charge in [-0.15, -0.1) is 6.58 Å². The molecule has 1 aromatic rings. The third-order valence-corrected chi connectivity index (χ3v) is 4.53. The first-order valence-corrected chi connectivity index (χ1v) is 9.17. The van der Waals surface area contributed by atoms with E-state index < -0.39 is 10.0 Å². The second-order valence-electron chi connectivity index (χ2n) is 5.11. The Labute approximate surface area is 138 Å². The van der Waals surface area contributed by atoms with Crippen molar-refractivity contribution in [1.29, 1.82) is 0 Å². The van der Waals surface area contributed by atoms with Gasteiger partial charge in [0.2, 0.25) is 15.9 Å². The Morgan fingerprint density at radius 2 is 2.17 bits per heavy atom. The molecule has 0 radical (unpaired) electrons. The van der Waals surface area contributed by atoms with Crippen molar-refractivity contribution in [2.24, 2.45) is 0 Å². The molecule has 1 aromatic carbocycles. The van der Waals surface area contributed by atoms with E-state index in [-0.39, 0.29) is 25.4 Å². The molecule has 0 bridgehead atoms. The van der Waals surface area contributed by atoms with Crippen molar-refractivity contribution in [2.45, 2.75) is 12.8 Å². The van der Waals surface area contributed by atoms with E-state index in [4.69, 9.17) is 4.74 Å². The molecule has 0 atom stereocenters. The smallest absolute Gasteiger partial charge is 0.221 e. The molecule has 0 fully saturated rings. The summed E-state index contributed by atoms with van der Waals surface area (Å²) < 4.78 is 29.4. The highest BCUT2D eigenvalue weighted by molar-refractivity contribution is 7.88. The minimum atomic E-state index is -3.33. The molecule has 1 rings (SSSR count). The number of amides is 1. The van der Waals surface area contributed by atoms with Gasteiger partial charge in [-0.2, -0.15) is 4.31 Å². The number of nitrogens with zero attached hydrogens (tertiary/aromatic N) is 1. The van der Waals surface area contributed by atoms with Crippen LogP contribution in [-0.4, -0.2) is 51.6 Å². The zero-order chi connectivity index (χ0) is 17.3. The van der Waals surface area contributed by atoms with Crippen molar-refractivity contribution >= 4 is 15.9 Å². The first-order chi connectivity index (χ1) is 10.9. The van der Waals surface area contributed by atoms with Crippen LogP contribution in [0.3, 0.4) is 0 Å². The van der Waals surface area contributed by atoms with E-state index in [1.54, 1.807) is 7.11 Å². The van der Waals surface area contributed by atoms with E-state index >= 15 is 0 Å². The van der Waals surface area contributed by atoms with E-state index in [2.05, 4.69) is 11.9 Å². The van der Waals surface area contributed by atoms with Gasteiger partial charge in [0.1, 0.15) is 5.75 Å². The van der Waals surface area contributed by atoms with Gasteiger partial charge in [-0.05, 0) is 24.1 Å². The fraction of sp³-hybridized carbons (Fsp3) is 0.438. The zero-order valence-electron chi connectivity index (χ0n) is 13.6. The van der Waals surface area contributed by atoms with Crippen molar-refractivity contribution in [3.63, 3.8) is 0 Å². The molecule has 0 aromatic heterocycles. The predicted molar refractivity (Wildman–Crippen MR) is 90.9 cm³/mol. The molecule has 0 aliphatic rings. The lowest BCUT2D eigenvalue weighted by Gasteiger charge is -2.17. The van der Waals surface area contributed by atoms with Crippen LogP contribution >= 0.6 is 0 Å². The van der Waals surface area contributed by atoms with Crippen LogP contribution in [0.2, 0.25) is 0 Å². The van der Waals surface area contributed by atoms with Gasteiger partial charge < -0.3 is 10.1 Å². The molecule has 0 aliphatic heterocycles. The van der Waals surface area contributed by atoms with Crippen LogP contribution in [-0.2, 0) is 21.2 Å². The summed E-state index contributed by atoms with van der Waals surface area (Å²) >= 11 is 0. The number of carbonyl (C=O) groups excluding carboxylic acids is 1. The predicted octanol–water partition coefficient (Wildman–Crippen LogP) is 1.19. The molecule has 128 valence electrons. The quantitative estimate of drug-likeness (QED) is 0.649. The van der Waals surface area contributed by atoms with Crippen LogP contribution in [0.15, 0.2) is 36.9 Å². The van der Waals surface area contributed by atoms with E-state index in [1.807, 2.05) is 24.3 Å². The average molecular weight is 340 g/mol. The molecule has 0 spiro atoms. The number of carbonyl (C=O) groups is 1. The molecule has 6 nitrogen and oxygen atoms in total. The lowest BCUT2D eigenvalue weighted by Crippen LogP contribution is -2.35. The molecule has 0 unspecified atom stereocenters. The summed E-state index contributed by atoms with van der Waals surface area (Å²) in [6, 6.07) is 7.64. The summed E-state index contributed by atoms with van der Waals surface area (Å²) in [6.07, 6.45) is 3.43. The van der Waals surface area contributed by atoms with Crippen LogP contribution < -0.4 is 10.1 Å². The van der Waals surface area contributed by atoms with Gasteiger partial charge in [-0.3, -0.25) is 4.79 Å². The molecule has 1 amide bonds. The van der Waals surface area contributed by atoms with Gasteiger partial charge in [0.25, 0.3) is 0 Å². The number of hydrogen-bond acceptors (Lipinski definition) is 4. The zero-order valence-corrected chi connectivity index (χ0v) is 14.4. The second-order valence-corrected chi connectivity index (χ2v) is 7.09. The Morgan fingerprint density at radius 1 is 1.43 bits per heavy atom. The van der Waals surface area contributed by atoms with Crippen molar-refractivity contribution in [3.05, 3.63) is 42.5 Å². The SMILES string of the molecule is C=CCN(CCC(=O)NCCc1cccc(OC)c1)S(C)(=O)=O. The maximum absolute atomic E-state index is 11.8. The van der Waals surface area contributed by atoms with Gasteiger partial charge in [0, 0.05) is 26.1 Å². The highest BCUT2D eigenvalue weighted by Gasteiger charge is 2.16. The fourth-order valence-electron chi connectivity index (χ4n) is 2.03. The Kier molecular flexibility index (Phi) is 7.77. The fourth-order valence-corrected chi connectivity index (χ4v) is 2.82. The summed E-state index contributed by atoms with van der Waals surface area (Å²) in [7, 11) is -1.72.